The summed E-state index contributed by atoms with van der Waals surface area (Å²) in [6.45, 7) is 5.35. The molecule has 0 bridgehead atoms. The molecule has 10 nitrogen and oxygen atoms in total. The maximum atomic E-state index is 11.0. The summed E-state index contributed by atoms with van der Waals surface area (Å²) in [6.07, 6.45) is 6.07. The molecule has 0 atom stereocenters. The van der Waals surface area contributed by atoms with Gasteiger partial charge in [0.2, 0.25) is 17.7 Å². The number of morpholine rings is 1. The van der Waals surface area contributed by atoms with Gasteiger partial charge in [-0.2, -0.15) is 4.98 Å². The smallest absolute Gasteiger partial charge is 0.229 e. The Morgan fingerprint density at radius 1 is 1.23 bits per heavy atom. The highest BCUT2D eigenvalue weighted by atomic mass is 16.5. The van der Waals surface area contributed by atoms with E-state index in [-0.39, 0.29) is 12.3 Å². The lowest BCUT2D eigenvalue weighted by Crippen LogP contribution is -2.38. The number of ether oxygens (including phenoxy) is 2. The van der Waals surface area contributed by atoms with Crippen LogP contribution in [0.4, 0.5) is 17.5 Å². The number of aromatic nitrogens is 3. The molecule has 2 aromatic heterocycles. The molecule has 31 heavy (non-hydrogen) atoms. The molecule has 1 aliphatic heterocycles. The van der Waals surface area contributed by atoms with Crippen molar-refractivity contribution in [3.8, 4) is 5.88 Å². The van der Waals surface area contributed by atoms with Gasteiger partial charge < -0.3 is 25.8 Å². The summed E-state index contributed by atoms with van der Waals surface area (Å²) in [6, 6.07) is 3.71. The van der Waals surface area contributed by atoms with Crippen LogP contribution < -0.4 is 21.1 Å². The maximum Gasteiger partial charge on any atom is 0.229 e. The summed E-state index contributed by atoms with van der Waals surface area (Å²) in [4.78, 5) is 26.7. The van der Waals surface area contributed by atoms with Gasteiger partial charge in [0.25, 0.3) is 0 Å². The third-order valence-electron chi connectivity index (χ3n) is 5.25. The van der Waals surface area contributed by atoms with Gasteiger partial charge in [0.15, 0.2) is 0 Å². The monoisotopic (exact) mass is 427 g/mol. The van der Waals surface area contributed by atoms with Crippen LogP contribution in [0.1, 0.15) is 30.7 Å². The summed E-state index contributed by atoms with van der Waals surface area (Å²) in [7, 11) is 0. The average Bonchev–Trinajstić information content (AvgIpc) is 3.61. The van der Waals surface area contributed by atoms with Crippen LogP contribution in [-0.2, 0) is 9.53 Å². The number of amides is 1. The first kappa shape index (κ1) is 21.3. The Balaban J connectivity index is 1.31. The molecule has 0 spiro atoms. The fraction of sp³-hybridized carbons (Fsp3) is 0.524. The Kier molecular flexibility index (Phi) is 7.11. The Morgan fingerprint density at radius 2 is 2.06 bits per heavy atom. The van der Waals surface area contributed by atoms with E-state index >= 15 is 0 Å². The fourth-order valence-corrected chi connectivity index (χ4v) is 3.36. The largest absolute Gasteiger partial charge is 0.476 e. The zero-order valence-electron chi connectivity index (χ0n) is 17.5. The van der Waals surface area contributed by atoms with Crippen molar-refractivity contribution < 1.29 is 14.3 Å². The number of nitrogens with zero attached hydrogens (tertiary/aromatic N) is 4. The molecule has 1 amide bonds. The summed E-state index contributed by atoms with van der Waals surface area (Å²) in [5.74, 6) is 1.94. The lowest BCUT2D eigenvalue weighted by molar-refractivity contribution is -0.117. The molecule has 0 radical (unpaired) electrons. The first-order valence-electron chi connectivity index (χ1n) is 10.7. The van der Waals surface area contributed by atoms with Crippen molar-refractivity contribution in [3.05, 3.63) is 30.1 Å². The second-order valence-electron chi connectivity index (χ2n) is 7.73. The van der Waals surface area contributed by atoms with Crippen LogP contribution in [-0.4, -0.2) is 71.8 Å². The van der Waals surface area contributed by atoms with E-state index in [9.17, 15) is 4.79 Å². The van der Waals surface area contributed by atoms with E-state index in [1.807, 2.05) is 18.3 Å². The minimum atomic E-state index is -0.341. The number of rotatable bonds is 11. The normalized spacial score (nSPS) is 16.6. The van der Waals surface area contributed by atoms with Crippen molar-refractivity contribution in [1.82, 2.24) is 19.9 Å². The fourth-order valence-electron chi connectivity index (χ4n) is 3.36. The number of carbonyl (C=O) groups is 1. The first-order valence-corrected chi connectivity index (χ1v) is 10.7. The molecule has 4 N–H and O–H groups in total. The molecule has 2 fully saturated rings. The highest BCUT2D eigenvalue weighted by Crippen LogP contribution is 2.42. The van der Waals surface area contributed by atoms with Gasteiger partial charge in [0.05, 0.1) is 25.1 Å². The van der Waals surface area contributed by atoms with E-state index in [0.717, 1.165) is 62.8 Å². The Labute approximate surface area is 181 Å². The summed E-state index contributed by atoms with van der Waals surface area (Å²) in [5, 5.41) is 6.38. The van der Waals surface area contributed by atoms with Crippen molar-refractivity contribution in [2.75, 3.05) is 56.6 Å². The third kappa shape index (κ3) is 6.50. The van der Waals surface area contributed by atoms with Gasteiger partial charge in [-0.05, 0) is 24.8 Å². The predicted molar refractivity (Wildman–Crippen MR) is 117 cm³/mol. The van der Waals surface area contributed by atoms with Gasteiger partial charge in [0, 0.05) is 50.4 Å². The molecular weight excluding hydrogens is 398 g/mol. The quantitative estimate of drug-likeness (QED) is 0.489. The van der Waals surface area contributed by atoms with Gasteiger partial charge in [-0.15, -0.1) is 0 Å². The molecule has 10 heteroatoms. The van der Waals surface area contributed by atoms with Gasteiger partial charge in [-0.3, -0.25) is 9.69 Å². The van der Waals surface area contributed by atoms with Crippen molar-refractivity contribution >= 4 is 23.4 Å². The number of carbonyl (C=O) groups excluding carboxylic acids is 1. The van der Waals surface area contributed by atoms with Gasteiger partial charge in [-0.25, -0.2) is 9.97 Å². The molecule has 3 heterocycles. The van der Waals surface area contributed by atoms with E-state index in [4.69, 9.17) is 15.2 Å². The number of primary amides is 1. The number of anilines is 3. The molecule has 2 aliphatic rings. The predicted octanol–water partition coefficient (Wildman–Crippen LogP) is 1.49. The highest BCUT2D eigenvalue weighted by Gasteiger charge is 2.27. The Bertz CT molecular complexity index is 868. The highest BCUT2D eigenvalue weighted by molar-refractivity contribution is 5.74. The summed E-state index contributed by atoms with van der Waals surface area (Å²) >= 11 is 0. The van der Waals surface area contributed by atoms with Crippen molar-refractivity contribution in [3.63, 3.8) is 0 Å². The molecule has 0 unspecified atom stereocenters. The minimum Gasteiger partial charge on any atom is -0.476 e. The molecule has 2 aromatic rings. The van der Waals surface area contributed by atoms with E-state index in [0.29, 0.717) is 30.9 Å². The van der Waals surface area contributed by atoms with Crippen molar-refractivity contribution in [2.45, 2.75) is 25.2 Å². The maximum absolute atomic E-state index is 11.0. The number of nitrogens with one attached hydrogen (secondary N) is 2. The van der Waals surface area contributed by atoms with E-state index in [1.54, 1.807) is 6.20 Å². The SMILES string of the molecule is NC(=O)CCNc1nc(Nc2ccc(OCCN3CCOCC3)nc2)ncc1C1CC1. The van der Waals surface area contributed by atoms with Crippen LogP contribution in [0.15, 0.2) is 24.5 Å². The second-order valence-corrected chi connectivity index (χ2v) is 7.73. The standard InChI is InChI=1S/C21H29N7O3/c22-18(29)5-6-23-20-17(15-1-2-15)14-25-21(27-20)26-16-3-4-19(24-13-16)31-12-9-28-7-10-30-11-8-28/h3-4,13-15H,1-2,5-12H2,(H2,22,29)(H2,23,25,26,27). The van der Waals surface area contributed by atoms with Crippen LogP contribution in [0, 0.1) is 0 Å². The van der Waals surface area contributed by atoms with E-state index in [2.05, 4.69) is 30.5 Å². The lowest BCUT2D eigenvalue weighted by Gasteiger charge is -2.26. The van der Waals surface area contributed by atoms with Crippen LogP contribution in [0.25, 0.3) is 0 Å². The number of nitrogens with two attached hydrogens (primary N) is 1. The number of pyridine rings is 1. The number of hydrogen-bond donors (Lipinski definition) is 3. The van der Waals surface area contributed by atoms with Gasteiger partial charge in [-0.1, -0.05) is 0 Å². The van der Waals surface area contributed by atoms with E-state index in [1.165, 1.54) is 0 Å². The van der Waals surface area contributed by atoms with Crippen LogP contribution in [0.2, 0.25) is 0 Å². The molecule has 4 rings (SSSR count). The molecule has 166 valence electrons. The summed E-state index contributed by atoms with van der Waals surface area (Å²) < 4.78 is 11.1. The van der Waals surface area contributed by atoms with Crippen LogP contribution in [0.5, 0.6) is 5.88 Å². The first-order chi connectivity index (χ1) is 15.2. The van der Waals surface area contributed by atoms with Crippen LogP contribution in [0.3, 0.4) is 0 Å². The van der Waals surface area contributed by atoms with Crippen LogP contribution >= 0.6 is 0 Å². The Morgan fingerprint density at radius 3 is 2.77 bits per heavy atom. The molecule has 1 saturated heterocycles. The van der Waals surface area contributed by atoms with E-state index < -0.39 is 0 Å². The van der Waals surface area contributed by atoms with Gasteiger partial charge in [0.1, 0.15) is 12.4 Å². The third-order valence-corrected chi connectivity index (χ3v) is 5.25. The zero-order chi connectivity index (χ0) is 21.5. The zero-order valence-corrected chi connectivity index (χ0v) is 17.5. The molecule has 1 saturated carbocycles. The summed E-state index contributed by atoms with van der Waals surface area (Å²) in [5.41, 5.74) is 7.08. The molecule has 0 aromatic carbocycles. The lowest BCUT2D eigenvalue weighted by atomic mass is 10.2. The van der Waals surface area contributed by atoms with Crippen molar-refractivity contribution in [2.24, 2.45) is 5.73 Å². The topological polar surface area (TPSA) is 128 Å². The molecule has 1 aliphatic carbocycles. The Hall–Kier alpha value is -2.98. The minimum absolute atomic E-state index is 0.258. The number of hydrogen-bond acceptors (Lipinski definition) is 9. The molecular formula is C21H29N7O3. The average molecular weight is 428 g/mol. The van der Waals surface area contributed by atoms with Gasteiger partial charge >= 0.3 is 0 Å². The second kappa shape index (κ2) is 10.4. The van der Waals surface area contributed by atoms with Crippen molar-refractivity contribution in [1.29, 1.82) is 0 Å².